The largest absolute Gasteiger partial charge is 0.494 e. The van der Waals surface area contributed by atoms with Crippen molar-refractivity contribution in [3.8, 4) is 5.88 Å². The first kappa shape index (κ1) is 10.6. The first-order valence-corrected chi connectivity index (χ1v) is 5.83. The summed E-state index contributed by atoms with van der Waals surface area (Å²) in [5, 5.41) is 9.74. The van der Waals surface area contributed by atoms with Gasteiger partial charge in [-0.05, 0) is 25.2 Å². The maximum Gasteiger partial charge on any atom is 0.331 e. The molecule has 17 heavy (non-hydrogen) atoms. The summed E-state index contributed by atoms with van der Waals surface area (Å²) in [6.45, 7) is 0.594. The SMILES string of the molecule is O=c1cc(O)n(C2CCOC2C2CC2)c(=O)[nH]1. The Kier molecular flexibility index (Phi) is 2.32. The molecule has 0 aromatic carbocycles. The Hall–Kier alpha value is -1.56. The molecule has 0 amide bonds. The van der Waals surface area contributed by atoms with Crippen LogP contribution < -0.4 is 11.2 Å². The second-order valence-corrected chi connectivity index (χ2v) is 4.70. The van der Waals surface area contributed by atoms with Crippen LogP contribution in [0.1, 0.15) is 25.3 Å². The Labute approximate surface area is 96.9 Å². The summed E-state index contributed by atoms with van der Waals surface area (Å²) >= 11 is 0. The van der Waals surface area contributed by atoms with E-state index in [1.807, 2.05) is 0 Å². The van der Waals surface area contributed by atoms with Crippen molar-refractivity contribution in [3.05, 3.63) is 26.9 Å². The van der Waals surface area contributed by atoms with Crippen LogP contribution in [0.4, 0.5) is 0 Å². The highest BCUT2D eigenvalue weighted by Crippen LogP contribution is 2.43. The van der Waals surface area contributed by atoms with Gasteiger partial charge in [0.05, 0.1) is 18.2 Å². The molecule has 92 valence electrons. The number of aromatic nitrogens is 2. The average molecular weight is 238 g/mol. The average Bonchev–Trinajstić information content (AvgIpc) is 2.98. The fraction of sp³-hybridized carbons (Fsp3) is 0.636. The predicted octanol–water partition coefficient (Wildman–Crippen LogP) is -0.0178. The number of aromatic hydroxyl groups is 1. The van der Waals surface area contributed by atoms with Crippen LogP contribution in [0.5, 0.6) is 5.88 Å². The second kappa shape index (κ2) is 3.73. The molecule has 2 N–H and O–H groups in total. The molecular formula is C11H14N2O4. The number of H-pyrrole nitrogens is 1. The molecule has 1 aliphatic carbocycles. The number of hydrogen-bond donors (Lipinski definition) is 2. The number of rotatable bonds is 2. The van der Waals surface area contributed by atoms with Gasteiger partial charge in [0.25, 0.3) is 5.56 Å². The zero-order valence-corrected chi connectivity index (χ0v) is 9.26. The first-order chi connectivity index (χ1) is 8.16. The first-order valence-electron chi connectivity index (χ1n) is 5.83. The van der Waals surface area contributed by atoms with Gasteiger partial charge in [-0.15, -0.1) is 0 Å². The van der Waals surface area contributed by atoms with Crippen LogP contribution in [-0.2, 0) is 4.74 Å². The van der Waals surface area contributed by atoms with Gasteiger partial charge in [0, 0.05) is 6.61 Å². The van der Waals surface area contributed by atoms with Gasteiger partial charge in [-0.3, -0.25) is 14.3 Å². The lowest BCUT2D eigenvalue weighted by molar-refractivity contribution is 0.0723. The third kappa shape index (κ3) is 1.78. The van der Waals surface area contributed by atoms with Crippen molar-refractivity contribution in [1.29, 1.82) is 0 Å². The Balaban J connectivity index is 2.03. The van der Waals surface area contributed by atoms with Crippen molar-refractivity contribution >= 4 is 0 Å². The van der Waals surface area contributed by atoms with Crippen LogP contribution in [0, 0.1) is 5.92 Å². The lowest BCUT2D eigenvalue weighted by Gasteiger charge is -2.20. The van der Waals surface area contributed by atoms with E-state index in [1.54, 1.807) is 0 Å². The standard InChI is InChI=1S/C11H14N2O4/c14-8-5-9(15)13(11(16)12-8)7-3-4-17-10(7)6-1-2-6/h5-7,10,15H,1-4H2,(H,12,14,16). The Bertz CT molecular complexity index is 543. The van der Waals surface area contributed by atoms with Crippen molar-refractivity contribution in [3.63, 3.8) is 0 Å². The highest BCUT2D eigenvalue weighted by atomic mass is 16.5. The summed E-state index contributed by atoms with van der Waals surface area (Å²) < 4.78 is 6.87. The van der Waals surface area contributed by atoms with Crippen molar-refractivity contribution in [2.75, 3.05) is 6.61 Å². The number of aromatic amines is 1. The topological polar surface area (TPSA) is 84.3 Å². The van der Waals surface area contributed by atoms with Crippen LogP contribution in [0.3, 0.4) is 0 Å². The predicted molar refractivity (Wildman–Crippen MR) is 59.1 cm³/mol. The van der Waals surface area contributed by atoms with E-state index >= 15 is 0 Å². The van der Waals surface area contributed by atoms with Crippen LogP contribution in [0.25, 0.3) is 0 Å². The molecule has 2 atom stereocenters. The minimum absolute atomic E-state index is 0.00972. The molecule has 2 aliphatic rings. The van der Waals surface area contributed by atoms with Gasteiger partial charge >= 0.3 is 5.69 Å². The van der Waals surface area contributed by atoms with E-state index in [4.69, 9.17) is 4.74 Å². The van der Waals surface area contributed by atoms with E-state index in [1.165, 1.54) is 4.57 Å². The van der Waals surface area contributed by atoms with Crippen molar-refractivity contribution in [2.45, 2.75) is 31.4 Å². The minimum atomic E-state index is -0.578. The zero-order valence-electron chi connectivity index (χ0n) is 9.26. The zero-order chi connectivity index (χ0) is 12.0. The van der Waals surface area contributed by atoms with E-state index in [2.05, 4.69) is 4.98 Å². The van der Waals surface area contributed by atoms with Gasteiger partial charge in [0.2, 0.25) is 5.88 Å². The van der Waals surface area contributed by atoms with Gasteiger partial charge in [0.15, 0.2) is 0 Å². The highest BCUT2D eigenvalue weighted by Gasteiger charge is 2.42. The summed E-state index contributed by atoms with van der Waals surface area (Å²) in [6.07, 6.45) is 2.91. The molecule has 2 unspecified atom stereocenters. The normalized spacial score (nSPS) is 28.5. The second-order valence-electron chi connectivity index (χ2n) is 4.70. The minimum Gasteiger partial charge on any atom is -0.494 e. The van der Waals surface area contributed by atoms with Crippen molar-refractivity contribution < 1.29 is 9.84 Å². The molecule has 1 aliphatic heterocycles. The van der Waals surface area contributed by atoms with Gasteiger partial charge in [-0.25, -0.2) is 4.79 Å². The fourth-order valence-electron chi connectivity index (χ4n) is 2.56. The van der Waals surface area contributed by atoms with Gasteiger partial charge in [-0.2, -0.15) is 0 Å². The lowest BCUT2D eigenvalue weighted by Crippen LogP contribution is -2.35. The molecule has 1 aromatic heterocycles. The van der Waals surface area contributed by atoms with Crippen LogP contribution in [0.2, 0.25) is 0 Å². The summed E-state index contributed by atoms with van der Waals surface area (Å²) in [4.78, 5) is 24.9. The molecule has 1 saturated carbocycles. The van der Waals surface area contributed by atoms with Gasteiger partial charge in [0.1, 0.15) is 0 Å². The Morgan fingerprint density at radius 3 is 2.76 bits per heavy atom. The molecular weight excluding hydrogens is 224 g/mol. The smallest absolute Gasteiger partial charge is 0.331 e. The third-order valence-electron chi connectivity index (χ3n) is 3.48. The summed E-state index contributed by atoms with van der Waals surface area (Å²) in [5.41, 5.74) is -1.14. The van der Waals surface area contributed by atoms with E-state index in [0.717, 1.165) is 18.9 Å². The van der Waals surface area contributed by atoms with Crippen LogP contribution in [-0.4, -0.2) is 27.4 Å². The molecule has 1 aromatic rings. The van der Waals surface area contributed by atoms with E-state index in [0.29, 0.717) is 18.9 Å². The molecule has 2 fully saturated rings. The monoisotopic (exact) mass is 238 g/mol. The molecule has 6 heteroatoms. The van der Waals surface area contributed by atoms with Crippen molar-refractivity contribution in [2.24, 2.45) is 5.92 Å². The summed E-state index contributed by atoms with van der Waals surface area (Å²) in [5.74, 6) is 0.209. The van der Waals surface area contributed by atoms with E-state index in [-0.39, 0.29) is 18.0 Å². The number of ether oxygens (including phenoxy) is 1. The Morgan fingerprint density at radius 1 is 1.35 bits per heavy atom. The van der Waals surface area contributed by atoms with Crippen molar-refractivity contribution in [1.82, 2.24) is 9.55 Å². The van der Waals surface area contributed by atoms with Crippen LogP contribution >= 0.6 is 0 Å². The lowest BCUT2D eigenvalue weighted by atomic mass is 10.1. The van der Waals surface area contributed by atoms with E-state index in [9.17, 15) is 14.7 Å². The molecule has 0 bridgehead atoms. The number of hydrogen-bond acceptors (Lipinski definition) is 4. The third-order valence-corrected chi connectivity index (χ3v) is 3.48. The molecule has 0 radical (unpaired) electrons. The maximum atomic E-state index is 11.7. The molecule has 2 heterocycles. The number of nitrogens with one attached hydrogen (secondary N) is 1. The molecule has 3 rings (SSSR count). The quantitative estimate of drug-likeness (QED) is 0.758. The number of nitrogens with zero attached hydrogens (tertiary/aromatic N) is 1. The fourth-order valence-corrected chi connectivity index (χ4v) is 2.56. The maximum absolute atomic E-state index is 11.7. The highest BCUT2D eigenvalue weighted by molar-refractivity contribution is 5.09. The summed E-state index contributed by atoms with van der Waals surface area (Å²) in [7, 11) is 0. The summed E-state index contributed by atoms with van der Waals surface area (Å²) in [6, 6.07) is 0.871. The molecule has 6 nitrogen and oxygen atoms in total. The Morgan fingerprint density at radius 2 is 2.12 bits per heavy atom. The van der Waals surface area contributed by atoms with Gasteiger partial charge < -0.3 is 9.84 Å². The van der Waals surface area contributed by atoms with Gasteiger partial charge in [-0.1, -0.05) is 0 Å². The molecule has 0 spiro atoms. The molecule has 1 saturated heterocycles. The van der Waals surface area contributed by atoms with Crippen LogP contribution in [0.15, 0.2) is 15.7 Å². The van der Waals surface area contributed by atoms with E-state index < -0.39 is 11.2 Å².